The maximum atomic E-state index is 14.5. The van der Waals surface area contributed by atoms with E-state index in [2.05, 4.69) is 75.0 Å². The molecule has 3 aliphatic rings. The highest BCUT2D eigenvalue weighted by molar-refractivity contribution is 7.90. The Labute approximate surface area is 502 Å². The number of para-hydroxylation sites is 2. The zero-order chi connectivity index (χ0) is 61.6. The SMILES string of the molecule is C#CCN1C(=O)COc2cc(F)c(N=c3snc4n3CC(C)(C)C4)cc21.CC1COc2ccccc2N1C(=O)C(Cl)Cl.CCNc1nc(Cl)nc(NC(C)C)n1.COc1cc(OC)nc(NC(=O)NS(=O)(=O)c2ncccc2C(=O)N(C)C)n1. The van der Waals surface area contributed by atoms with Crippen molar-refractivity contribution in [3.63, 3.8) is 0 Å². The fourth-order valence-corrected chi connectivity index (χ4v) is 10.0. The zero-order valence-electron chi connectivity index (χ0n) is 47.1. The number of carbonyl (C=O) groups excluding carboxylic acids is 4. The summed E-state index contributed by atoms with van der Waals surface area (Å²) in [6.45, 7) is 14.1. The molecule has 0 saturated carbocycles. The number of terminal acetylenes is 1. The first-order valence-electron chi connectivity index (χ1n) is 25.3. The lowest BCUT2D eigenvalue weighted by Gasteiger charge is -2.35. The van der Waals surface area contributed by atoms with Gasteiger partial charge < -0.3 is 43.9 Å². The topological polar surface area (TPSA) is 305 Å². The highest BCUT2D eigenvalue weighted by Crippen LogP contribution is 2.38. The number of halogens is 4. The molecule has 0 fully saturated rings. The van der Waals surface area contributed by atoms with Crippen LogP contribution in [0, 0.1) is 23.6 Å². The van der Waals surface area contributed by atoms with E-state index in [4.69, 9.17) is 60.2 Å². The molecular weight excluding hydrogens is 1200 g/mol. The smallest absolute Gasteiger partial charge is 0.335 e. The van der Waals surface area contributed by atoms with Gasteiger partial charge in [0.2, 0.25) is 39.7 Å². The van der Waals surface area contributed by atoms with Gasteiger partial charge in [-0.1, -0.05) is 55.1 Å². The van der Waals surface area contributed by atoms with Crippen LogP contribution in [-0.2, 0) is 32.6 Å². The van der Waals surface area contributed by atoms with Crippen LogP contribution in [-0.4, -0.2) is 147 Å². The van der Waals surface area contributed by atoms with Gasteiger partial charge in [0.25, 0.3) is 27.7 Å². The van der Waals surface area contributed by atoms with Crippen molar-refractivity contribution in [2.75, 3.05) is 80.4 Å². The minimum absolute atomic E-state index is 0.0672. The lowest BCUT2D eigenvalue weighted by molar-refractivity contribution is -0.121. The van der Waals surface area contributed by atoms with Gasteiger partial charge in [0.05, 0.1) is 49.8 Å². The van der Waals surface area contributed by atoms with E-state index in [1.807, 2.05) is 56.5 Å². The maximum Gasteiger partial charge on any atom is 0.335 e. The van der Waals surface area contributed by atoms with Gasteiger partial charge in [-0.25, -0.2) is 23.9 Å². The summed E-state index contributed by atoms with van der Waals surface area (Å²) in [6, 6.07) is 13.2. The first-order valence-corrected chi connectivity index (χ1v) is 28.8. The molecule has 448 valence electrons. The van der Waals surface area contributed by atoms with Crippen molar-refractivity contribution >= 4 is 115 Å². The molecule has 7 heterocycles. The van der Waals surface area contributed by atoms with Crippen molar-refractivity contribution < 1.29 is 50.9 Å². The number of amides is 5. The second kappa shape index (κ2) is 28.9. The van der Waals surface area contributed by atoms with Gasteiger partial charge >= 0.3 is 6.03 Å². The Morgan fingerprint density at radius 3 is 2.31 bits per heavy atom. The molecule has 0 aliphatic carbocycles. The van der Waals surface area contributed by atoms with Crippen molar-refractivity contribution in [1.29, 1.82) is 0 Å². The van der Waals surface area contributed by atoms with Gasteiger partial charge in [-0.2, -0.15) is 37.7 Å². The Kier molecular flexibility index (Phi) is 22.3. The molecule has 6 aromatic rings. The van der Waals surface area contributed by atoms with Crippen LogP contribution in [0.5, 0.6) is 23.3 Å². The van der Waals surface area contributed by atoms with Crippen LogP contribution >= 0.6 is 46.3 Å². The molecule has 5 amide bonds. The van der Waals surface area contributed by atoms with Crippen LogP contribution in [0.4, 0.5) is 44.1 Å². The Bertz CT molecular complexity index is 3580. The number of benzene rings is 2. The molecule has 0 spiro atoms. The van der Waals surface area contributed by atoms with E-state index >= 15 is 0 Å². The van der Waals surface area contributed by atoms with E-state index < -0.39 is 37.6 Å². The second-order valence-electron chi connectivity index (χ2n) is 19.3. The van der Waals surface area contributed by atoms with Crippen molar-refractivity contribution in [1.82, 2.24) is 48.5 Å². The third kappa shape index (κ3) is 17.0. The summed E-state index contributed by atoms with van der Waals surface area (Å²) in [5, 5.41) is 7.79. The van der Waals surface area contributed by atoms with E-state index in [0.717, 1.165) is 31.0 Å². The van der Waals surface area contributed by atoms with Crippen LogP contribution in [0.25, 0.3) is 0 Å². The Hall–Kier alpha value is -8.17. The summed E-state index contributed by atoms with van der Waals surface area (Å²) in [5.41, 5.74) is 1.21. The maximum absolute atomic E-state index is 14.5. The number of methoxy groups -OCH3 is 2. The molecule has 1 atom stereocenters. The van der Waals surface area contributed by atoms with Gasteiger partial charge in [0, 0.05) is 63.4 Å². The fraction of sp³-hybridized carbons (Fsp3) is 0.385. The number of carbonyl (C=O) groups is 4. The Morgan fingerprint density at radius 2 is 1.67 bits per heavy atom. The van der Waals surface area contributed by atoms with Crippen molar-refractivity contribution in [2.45, 2.75) is 76.5 Å². The molecule has 26 nitrogen and oxygen atoms in total. The number of nitrogens with one attached hydrogen (secondary N) is 4. The highest BCUT2D eigenvalue weighted by atomic mass is 35.5. The summed E-state index contributed by atoms with van der Waals surface area (Å²) >= 11 is 18.2. The van der Waals surface area contributed by atoms with Crippen molar-refractivity contribution in [2.24, 2.45) is 10.4 Å². The lowest BCUT2D eigenvalue weighted by Crippen LogP contribution is -2.47. The average Bonchev–Trinajstić information content (AvgIpc) is 2.55. The number of pyridine rings is 1. The number of rotatable bonds is 13. The summed E-state index contributed by atoms with van der Waals surface area (Å²) in [6.07, 6.45) is 7.41. The normalized spacial score (nSPS) is 14.6. The lowest BCUT2D eigenvalue weighted by atomic mass is 9.92. The number of aromatic nitrogens is 8. The van der Waals surface area contributed by atoms with Crippen molar-refractivity contribution in [3.05, 3.63) is 88.1 Å². The van der Waals surface area contributed by atoms with Gasteiger partial charge in [-0.05, 0) is 75.0 Å². The second-order valence-corrected chi connectivity index (χ2v) is 23.0. The van der Waals surface area contributed by atoms with Crippen LogP contribution in [0.1, 0.15) is 57.7 Å². The molecule has 4 N–H and O–H groups in total. The Balaban J connectivity index is 0.000000187. The monoisotopic (exact) mass is 1260 g/mol. The number of hydrogen-bond donors (Lipinski definition) is 4. The number of nitrogens with zero attached hydrogens (tertiary/aromatic N) is 12. The summed E-state index contributed by atoms with van der Waals surface area (Å²) < 4.78 is 68.5. The number of alkyl halides is 2. The van der Waals surface area contributed by atoms with E-state index in [9.17, 15) is 32.0 Å². The number of urea groups is 1. The molecule has 0 radical (unpaired) electrons. The van der Waals surface area contributed by atoms with Gasteiger partial charge in [-0.15, -0.1) is 6.42 Å². The molecule has 84 heavy (non-hydrogen) atoms. The van der Waals surface area contributed by atoms with E-state index in [1.54, 1.807) is 9.62 Å². The van der Waals surface area contributed by atoms with Crippen LogP contribution in [0.2, 0.25) is 5.28 Å². The van der Waals surface area contributed by atoms with Crippen LogP contribution in [0.15, 0.2) is 70.8 Å². The number of ether oxygens (including phenoxy) is 4. The van der Waals surface area contributed by atoms with Crippen molar-refractivity contribution in [3.8, 4) is 35.6 Å². The number of hydrogen-bond acceptors (Lipinski definition) is 21. The molecular formula is C52H60Cl3FN16O10S2. The number of sulfonamides is 1. The summed E-state index contributed by atoms with van der Waals surface area (Å²) in [5.74, 6) is 3.62. The van der Waals surface area contributed by atoms with Crippen LogP contribution in [0.3, 0.4) is 0 Å². The van der Waals surface area contributed by atoms with E-state index in [1.165, 1.54) is 86.2 Å². The predicted octanol–water partition coefficient (Wildman–Crippen LogP) is 6.74. The standard InChI is InChI=1S/C18H17FN4O2S.C15H18N6O6S.C11H11Cl2NO2.C8H14ClN5/c1-4-5-22-13-7-12(11(19)6-14(13)25-9-16(22)24)20-17-23-10-18(2,3)8-15(23)21-26-17;1-21(2)13(22)9-6-5-7-16-12(9)28(24,25)20-15(23)19-14-17-10(26-3)8-11(18-14)27-4;1-7-6-16-9-5-3-2-4-8(9)14(7)11(15)10(12)13;1-4-10-7-12-6(9)13-8(14-7)11-5(2)3/h1,6-7H,5,8-10H2,2-3H3;5-8H,1-4H3,(H2,17,18,19,20,23);2-5,7,10H,6H2,1H3;5H,4H2,1-3H3,(H2,10,11,12,13,14). The van der Waals surface area contributed by atoms with Gasteiger partial charge in [0.15, 0.2) is 22.3 Å². The van der Waals surface area contributed by atoms with Gasteiger partial charge in [0.1, 0.15) is 29.6 Å². The van der Waals surface area contributed by atoms with Crippen LogP contribution < -0.4 is 54.2 Å². The fourth-order valence-electron chi connectivity index (χ4n) is 7.87. The summed E-state index contributed by atoms with van der Waals surface area (Å²) in [4.78, 5) is 79.9. The summed E-state index contributed by atoms with van der Waals surface area (Å²) in [7, 11) is 1.15. The minimum Gasteiger partial charge on any atom is -0.489 e. The quantitative estimate of drug-likeness (QED) is 0.0687. The molecule has 2 aromatic carbocycles. The molecule has 9 rings (SSSR count). The zero-order valence-corrected chi connectivity index (χ0v) is 51.0. The Morgan fingerprint density at radius 1 is 0.976 bits per heavy atom. The minimum atomic E-state index is -4.46. The van der Waals surface area contributed by atoms with E-state index in [0.29, 0.717) is 40.5 Å². The molecule has 4 aromatic heterocycles. The first kappa shape index (κ1) is 65.0. The first-order chi connectivity index (χ1) is 39.8. The van der Waals surface area contributed by atoms with E-state index in [-0.39, 0.29) is 76.7 Å². The number of fused-ring (bicyclic) bond motifs is 3. The van der Waals surface area contributed by atoms with Gasteiger partial charge in [-0.3, -0.25) is 24.6 Å². The highest BCUT2D eigenvalue weighted by Gasteiger charge is 2.34. The molecule has 0 saturated heterocycles. The predicted molar refractivity (Wildman–Crippen MR) is 315 cm³/mol. The molecule has 1 unspecified atom stereocenters. The average molecular weight is 1260 g/mol. The third-order valence-electron chi connectivity index (χ3n) is 11.5. The molecule has 0 bridgehead atoms. The third-order valence-corrected chi connectivity index (χ3v) is 14.1. The largest absolute Gasteiger partial charge is 0.489 e. The number of anilines is 5. The molecule has 3 aliphatic heterocycles. The molecule has 32 heteroatoms.